The van der Waals surface area contributed by atoms with E-state index in [1.54, 1.807) is 0 Å². The molecule has 0 aromatic heterocycles. The first kappa shape index (κ1) is 13.3. The van der Waals surface area contributed by atoms with Gasteiger partial charge in [-0.15, -0.1) is 0 Å². The van der Waals surface area contributed by atoms with Gasteiger partial charge in [0.05, 0.1) is 12.7 Å². The van der Waals surface area contributed by atoms with Crippen LogP contribution in [-0.2, 0) is 4.74 Å². The minimum absolute atomic E-state index is 0.255. The number of rotatable bonds is 3. The Kier molecular flexibility index (Phi) is 4.83. The van der Waals surface area contributed by atoms with Crippen molar-refractivity contribution in [1.82, 2.24) is 4.90 Å². The van der Waals surface area contributed by atoms with Gasteiger partial charge in [0.2, 0.25) is 0 Å². The molecule has 1 saturated carbocycles. The predicted octanol–water partition coefficient (Wildman–Crippen LogP) is 2.00. The molecular formula is C14H28N2O. The van der Waals surface area contributed by atoms with Gasteiger partial charge in [-0.1, -0.05) is 26.2 Å². The monoisotopic (exact) mass is 240 g/mol. The molecule has 0 amide bonds. The minimum atomic E-state index is 0.255. The van der Waals surface area contributed by atoms with Crippen LogP contribution in [0, 0.1) is 5.92 Å². The summed E-state index contributed by atoms with van der Waals surface area (Å²) in [5, 5.41) is 0. The van der Waals surface area contributed by atoms with Crippen LogP contribution in [0.4, 0.5) is 0 Å². The van der Waals surface area contributed by atoms with E-state index in [2.05, 4.69) is 18.7 Å². The summed E-state index contributed by atoms with van der Waals surface area (Å²) in [5.41, 5.74) is 5.76. The van der Waals surface area contributed by atoms with Crippen molar-refractivity contribution in [1.29, 1.82) is 0 Å². The van der Waals surface area contributed by atoms with Gasteiger partial charge >= 0.3 is 0 Å². The fourth-order valence-electron chi connectivity index (χ4n) is 3.54. The van der Waals surface area contributed by atoms with Crippen molar-refractivity contribution in [2.75, 3.05) is 19.7 Å². The van der Waals surface area contributed by atoms with E-state index < -0.39 is 0 Å². The maximum absolute atomic E-state index is 5.76. The Morgan fingerprint density at radius 1 is 1.29 bits per heavy atom. The summed E-state index contributed by atoms with van der Waals surface area (Å²) < 4.78 is 5.76. The molecule has 0 aromatic rings. The third-order valence-corrected chi connectivity index (χ3v) is 4.64. The summed E-state index contributed by atoms with van der Waals surface area (Å²) >= 11 is 0. The molecule has 2 rings (SSSR count). The molecule has 100 valence electrons. The molecule has 3 heteroatoms. The molecule has 1 heterocycles. The van der Waals surface area contributed by atoms with Crippen LogP contribution in [0.1, 0.15) is 46.0 Å². The van der Waals surface area contributed by atoms with Crippen molar-refractivity contribution >= 4 is 0 Å². The molecule has 4 atom stereocenters. The Bertz CT molecular complexity index is 234. The molecule has 1 aliphatic carbocycles. The fraction of sp³-hybridized carbons (Fsp3) is 1.00. The van der Waals surface area contributed by atoms with Gasteiger partial charge in [0, 0.05) is 25.2 Å². The number of hydrogen-bond acceptors (Lipinski definition) is 3. The van der Waals surface area contributed by atoms with E-state index in [0.717, 1.165) is 25.1 Å². The Morgan fingerprint density at radius 3 is 2.76 bits per heavy atom. The lowest BCUT2D eigenvalue weighted by atomic mass is 9.81. The SMILES string of the molecule is CCC1CCCCC1N1CC(CN)OCC1C. The molecule has 4 unspecified atom stereocenters. The normalized spacial score (nSPS) is 40.4. The smallest absolute Gasteiger partial charge is 0.0824 e. The molecule has 1 aliphatic heterocycles. The molecule has 2 aliphatic rings. The minimum Gasteiger partial charge on any atom is -0.374 e. The summed E-state index contributed by atoms with van der Waals surface area (Å²) in [5.74, 6) is 0.891. The van der Waals surface area contributed by atoms with Crippen LogP contribution >= 0.6 is 0 Å². The highest BCUT2D eigenvalue weighted by atomic mass is 16.5. The van der Waals surface area contributed by atoms with Gasteiger partial charge in [-0.2, -0.15) is 0 Å². The summed E-state index contributed by atoms with van der Waals surface area (Å²) in [6.45, 7) is 7.20. The van der Waals surface area contributed by atoms with E-state index >= 15 is 0 Å². The van der Waals surface area contributed by atoms with Gasteiger partial charge in [0.25, 0.3) is 0 Å². The summed E-state index contributed by atoms with van der Waals surface area (Å²) in [6.07, 6.45) is 7.19. The lowest BCUT2D eigenvalue weighted by Crippen LogP contribution is -2.56. The van der Waals surface area contributed by atoms with Gasteiger partial charge in [0.1, 0.15) is 0 Å². The first-order valence-corrected chi connectivity index (χ1v) is 7.33. The fourth-order valence-corrected chi connectivity index (χ4v) is 3.54. The molecular weight excluding hydrogens is 212 g/mol. The van der Waals surface area contributed by atoms with Crippen molar-refractivity contribution in [2.24, 2.45) is 11.7 Å². The Morgan fingerprint density at radius 2 is 2.06 bits per heavy atom. The van der Waals surface area contributed by atoms with Crippen LogP contribution in [-0.4, -0.2) is 42.8 Å². The predicted molar refractivity (Wildman–Crippen MR) is 71.0 cm³/mol. The van der Waals surface area contributed by atoms with Gasteiger partial charge < -0.3 is 10.5 Å². The van der Waals surface area contributed by atoms with E-state index in [9.17, 15) is 0 Å². The van der Waals surface area contributed by atoms with Gasteiger partial charge in [0.15, 0.2) is 0 Å². The van der Waals surface area contributed by atoms with E-state index in [1.165, 1.54) is 32.1 Å². The number of nitrogens with two attached hydrogens (primary N) is 1. The number of nitrogens with zero attached hydrogens (tertiary/aromatic N) is 1. The molecule has 2 N–H and O–H groups in total. The van der Waals surface area contributed by atoms with Gasteiger partial charge in [-0.05, 0) is 25.7 Å². The lowest BCUT2D eigenvalue weighted by molar-refractivity contribution is -0.0844. The molecule has 3 nitrogen and oxygen atoms in total. The van der Waals surface area contributed by atoms with Crippen LogP contribution in [0.3, 0.4) is 0 Å². The van der Waals surface area contributed by atoms with E-state index in [-0.39, 0.29) is 6.10 Å². The van der Waals surface area contributed by atoms with Crippen LogP contribution in [0.2, 0.25) is 0 Å². The summed E-state index contributed by atoms with van der Waals surface area (Å²) in [6, 6.07) is 1.34. The molecule has 1 saturated heterocycles. The van der Waals surface area contributed by atoms with Crippen LogP contribution in [0.15, 0.2) is 0 Å². The Balaban J connectivity index is 2.01. The van der Waals surface area contributed by atoms with E-state index in [4.69, 9.17) is 10.5 Å². The van der Waals surface area contributed by atoms with E-state index in [0.29, 0.717) is 12.6 Å². The first-order chi connectivity index (χ1) is 8.26. The number of hydrogen-bond donors (Lipinski definition) is 1. The van der Waals surface area contributed by atoms with Crippen molar-refractivity contribution in [3.8, 4) is 0 Å². The van der Waals surface area contributed by atoms with Gasteiger partial charge in [-0.3, -0.25) is 4.90 Å². The highest BCUT2D eigenvalue weighted by Crippen LogP contribution is 2.33. The molecule has 0 bridgehead atoms. The second kappa shape index (κ2) is 6.17. The Labute approximate surface area is 106 Å². The molecule has 17 heavy (non-hydrogen) atoms. The van der Waals surface area contributed by atoms with Crippen molar-refractivity contribution in [2.45, 2.75) is 64.1 Å². The average molecular weight is 240 g/mol. The maximum atomic E-state index is 5.76. The standard InChI is InChI=1S/C14H28N2O/c1-3-12-6-4-5-7-14(12)16-9-13(8-15)17-10-11(16)2/h11-14H,3-10,15H2,1-2H3. The first-order valence-electron chi connectivity index (χ1n) is 7.33. The second-order valence-corrected chi connectivity index (χ2v) is 5.76. The zero-order valence-electron chi connectivity index (χ0n) is 11.4. The zero-order valence-corrected chi connectivity index (χ0v) is 11.4. The summed E-state index contributed by atoms with van der Waals surface area (Å²) in [7, 11) is 0. The number of morpholine rings is 1. The Hall–Kier alpha value is -0.120. The molecule has 0 spiro atoms. The van der Waals surface area contributed by atoms with Crippen LogP contribution in [0.25, 0.3) is 0 Å². The lowest BCUT2D eigenvalue weighted by Gasteiger charge is -2.47. The number of ether oxygens (including phenoxy) is 1. The third kappa shape index (κ3) is 3.01. The van der Waals surface area contributed by atoms with Crippen LogP contribution in [0.5, 0.6) is 0 Å². The second-order valence-electron chi connectivity index (χ2n) is 5.76. The summed E-state index contributed by atoms with van der Waals surface area (Å²) in [4.78, 5) is 2.69. The topological polar surface area (TPSA) is 38.5 Å². The quantitative estimate of drug-likeness (QED) is 0.820. The van der Waals surface area contributed by atoms with Crippen molar-refractivity contribution in [3.05, 3.63) is 0 Å². The highest BCUT2D eigenvalue weighted by molar-refractivity contribution is 4.89. The zero-order chi connectivity index (χ0) is 12.3. The van der Waals surface area contributed by atoms with Crippen molar-refractivity contribution in [3.63, 3.8) is 0 Å². The average Bonchev–Trinajstić information content (AvgIpc) is 2.39. The molecule has 0 radical (unpaired) electrons. The maximum Gasteiger partial charge on any atom is 0.0824 e. The molecule has 0 aromatic carbocycles. The third-order valence-electron chi connectivity index (χ3n) is 4.64. The van der Waals surface area contributed by atoms with Crippen LogP contribution < -0.4 is 5.73 Å². The molecule has 2 fully saturated rings. The van der Waals surface area contributed by atoms with Gasteiger partial charge in [-0.25, -0.2) is 0 Å². The largest absolute Gasteiger partial charge is 0.374 e. The highest BCUT2D eigenvalue weighted by Gasteiger charge is 2.35. The van der Waals surface area contributed by atoms with E-state index in [1.807, 2.05) is 0 Å². The van der Waals surface area contributed by atoms with Crippen molar-refractivity contribution < 1.29 is 4.74 Å².